The molecule has 4 rings (SSSR count). The zero-order valence-electron chi connectivity index (χ0n) is 10.8. The highest BCUT2D eigenvalue weighted by molar-refractivity contribution is 6.30. The van der Waals surface area contributed by atoms with E-state index in [0.29, 0.717) is 5.15 Å². The standard InChI is InChI=1S/C14H12ClN5/c1-20-7-9(5-18-20)8-2-11-10-3-13(15)16-6-12(10)19-14(11)17-4-8/h2-4,6-7,18H,5H2,1H3,(H,17,19). The molecule has 0 unspecified atom stereocenters. The Balaban J connectivity index is 1.95. The van der Waals surface area contributed by atoms with Gasteiger partial charge in [0.1, 0.15) is 10.8 Å². The van der Waals surface area contributed by atoms with Gasteiger partial charge in [0, 0.05) is 36.8 Å². The van der Waals surface area contributed by atoms with Gasteiger partial charge in [-0.15, -0.1) is 0 Å². The fourth-order valence-electron chi connectivity index (χ4n) is 2.54. The summed E-state index contributed by atoms with van der Waals surface area (Å²) in [5.41, 5.74) is 7.37. The number of rotatable bonds is 1. The summed E-state index contributed by atoms with van der Waals surface area (Å²) in [6.07, 6.45) is 5.70. The first-order valence-corrected chi connectivity index (χ1v) is 6.69. The van der Waals surface area contributed by atoms with Crippen LogP contribution in [-0.4, -0.2) is 33.6 Å². The van der Waals surface area contributed by atoms with Crippen molar-refractivity contribution in [2.75, 3.05) is 13.6 Å². The number of H-pyrrole nitrogens is 1. The van der Waals surface area contributed by atoms with E-state index in [9.17, 15) is 0 Å². The lowest BCUT2D eigenvalue weighted by atomic mass is 10.1. The van der Waals surface area contributed by atoms with Crippen molar-refractivity contribution < 1.29 is 0 Å². The second-order valence-corrected chi connectivity index (χ2v) is 5.29. The van der Waals surface area contributed by atoms with Gasteiger partial charge in [0.15, 0.2) is 0 Å². The zero-order valence-corrected chi connectivity index (χ0v) is 11.6. The summed E-state index contributed by atoms with van der Waals surface area (Å²) < 4.78 is 0. The second kappa shape index (κ2) is 4.19. The molecule has 0 bridgehead atoms. The molecular weight excluding hydrogens is 274 g/mol. The zero-order chi connectivity index (χ0) is 13.7. The van der Waals surface area contributed by atoms with Crippen LogP contribution in [0.25, 0.3) is 27.5 Å². The number of aromatic nitrogens is 3. The van der Waals surface area contributed by atoms with Gasteiger partial charge in [-0.2, -0.15) is 0 Å². The molecule has 6 heteroatoms. The van der Waals surface area contributed by atoms with E-state index in [-0.39, 0.29) is 0 Å². The molecule has 20 heavy (non-hydrogen) atoms. The van der Waals surface area contributed by atoms with Crippen molar-refractivity contribution >= 4 is 39.1 Å². The maximum atomic E-state index is 5.99. The van der Waals surface area contributed by atoms with Gasteiger partial charge in [0.05, 0.1) is 11.7 Å². The smallest absolute Gasteiger partial charge is 0.138 e. The lowest BCUT2D eigenvalue weighted by Gasteiger charge is -2.04. The van der Waals surface area contributed by atoms with Crippen LogP contribution in [-0.2, 0) is 0 Å². The van der Waals surface area contributed by atoms with Crippen LogP contribution in [0.1, 0.15) is 5.56 Å². The summed E-state index contributed by atoms with van der Waals surface area (Å²) in [4.78, 5) is 11.8. The van der Waals surface area contributed by atoms with E-state index in [1.165, 1.54) is 5.57 Å². The molecule has 0 saturated heterocycles. The highest BCUT2D eigenvalue weighted by atomic mass is 35.5. The quantitative estimate of drug-likeness (QED) is 0.675. The normalized spacial score (nSPS) is 15.3. The fraction of sp³-hybridized carbons (Fsp3) is 0.143. The lowest BCUT2D eigenvalue weighted by Crippen LogP contribution is -2.23. The largest absolute Gasteiger partial charge is 0.338 e. The Morgan fingerprint density at radius 3 is 2.90 bits per heavy atom. The molecule has 0 saturated carbocycles. The Labute approximate surface area is 120 Å². The van der Waals surface area contributed by atoms with E-state index in [2.05, 4.69) is 32.6 Å². The minimum Gasteiger partial charge on any atom is -0.338 e. The first-order chi connectivity index (χ1) is 9.70. The topological polar surface area (TPSA) is 56.8 Å². The lowest BCUT2D eigenvalue weighted by molar-refractivity contribution is 0.374. The van der Waals surface area contributed by atoms with Crippen molar-refractivity contribution in [3.8, 4) is 0 Å². The third-order valence-corrected chi connectivity index (χ3v) is 3.75. The van der Waals surface area contributed by atoms with E-state index >= 15 is 0 Å². The van der Waals surface area contributed by atoms with Crippen LogP contribution in [0.15, 0.2) is 30.7 Å². The number of nitrogens with one attached hydrogen (secondary N) is 2. The Morgan fingerprint density at radius 2 is 2.10 bits per heavy atom. The summed E-state index contributed by atoms with van der Waals surface area (Å²) in [5.74, 6) is 0. The highest BCUT2D eigenvalue weighted by Gasteiger charge is 2.13. The predicted molar refractivity (Wildman–Crippen MR) is 80.1 cm³/mol. The summed E-state index contributed by atoms with van der Waals surface area (Å²) in [5, 5.41) is 4.56. The Bertz CT molecular complexity index is 851. The van der Waals surface area contributed by atoms with Gasteiger partial charge in [-0.1, -0.05) is 11.6 Å². The number of hydrazine groups is 1. The molecule has 0 aliphatic carbocycles. The highest BCUT2D eigenvalue weighted by Crippen LogP contribution is 2.28. The molecule has 3 aromatic rings. The maximum absolute atomic E-state index is 5.99. The van der Waals surface area contributed by atoms with E-state index in [4.69, 9.17) is 11.6 Å². The van der Waals surface area contributed by atoms with Crippen molar-refractivity contribution in [2.24, 2.45) is 0 Å². The van der Waals surface area contributed by atoms with Crippen LogP contribution in [0.2, 0.25) is 5.15 Å². The van der Waals surface area contributed by atoms with Gasteiger partial charge in [0.2, 0.25) is 0 Å². The van der Waals surface area contributed by atoms with Crippen LogP contribution in [0, 0.1) is 0 Å². The Kier molecular flexibility index (Phi) is 2.45. The van der Waals surface area contributed by atoms with Gasteiger partial charge < -0.3 is 9.99 Å². The first-order valence-electron chi connectivity index (χ1n) is 6.31. The molecule has 0 aromatic carbocycles. The van der Waals surface area contributed by atoms with Gasteiger partial charge in [-0.3, -0.25) is 0 Å². The third kappa shape index (κ3) is 1.75. The number of pyridine rings is 2. The van der Waals surface area contributed by atoms with Gasteiger partial charge in [-0.25, -0.2) is 15.4 Å². The second-order valence-electron chi connectivity index (χ2n) is 4.90. The van der Waals surface area contributed by atoms with Crippen molar-refractivity contribution in [3.05, 3.63) is 41.4 Å². The van der Waals surface area contributed by atoms with Crippen LogP contribution < -0.4 is 5.43 Å². The molecular formula is C14H12ClN5. The molecule has 1 aliphatic heterocycles. The van der Waals surface area contributed by atoms with Gasteiger partial charge in [-0.05, 0) is 23.3 Å². The molecule has 100 valence electrons. The fourth-order valence-corrected chi connectivity index (χ4v) is 2.69. The number of aromatic amines is 1. The average Bonchev–Trinajstić information content (AvgIpc) is 3.02. The summed E-state index contributed by atoms with van der Waals surface area (Å²) in [6.45, 7) is 0.814. The third-order valence-electron chi connectivity index (χ3n) is 3.54. The van der Waals surface area contributed by atoms with Crippen LogP contribution >= 0.6 is 11.6 Å². The average molecular weight is 286 g/mol. The number of hydrogen-bond acceptors (Lipinski definition) is 4. The predicted octanol–water partition coefficient (Wildman–Crippen LogP) is 2.56. The van der Waals surface area contributed by atoms with Gasteiger partial charge >= 0.3 is 0 Å². The molecule has 0 radical (unpaired) electrons. The summed E-state index contributed by atoms with van der Waals surface area (Å²) >= 11 is 5.99. The number of nitrogens with zero attached hydrogens (tertiary/aromatic N) is 3. The number of hydrogen-bond donors (Lipinski definition) is 2. The minimum atomic E-state index is 0.491. The first kappa shape index (κ1) is 11.7. The number of fused-ring (bicyclic) bond motifs is 3. The molecule has 2 N–H and O–H groups in total. The molecule has 1 aliphatic rings. The molecule has 3 aromatic heterocycles. The van der Waals surface area contributed by atoms with E-state index < -0.39 is 0 Å². The van der Waals surface area contributed by atoms with Crippen molar-refractivity contribution in [1.82, 2.24) is 25.4 Å². The SMILES string of the molecule is CN1C=C(c2cnc3[nH]c4cnc(Cl)cc4c3c2)CN1. The molecule has 5 nitrogen and oxygen atoms in total. The van der Waals surface area contributed by atoms with Crippen molar-refractivity contribution in [3.63, 3.8) is 0 Å². The van der Waals surface area contributed by atoms with Crippen molar-refractivity contribution in [1.29, 1.82) is 0 Å². The van der Waals surface area contributed by atoms with E-state index in [1.807, 2.05) is 24.3 Å². The number of halogens is 1. The van der Waals surface area contributed by atoms with E-state index in [1.54, 1.807) is 6.20 Å². The summed E-state index contributed by atoms with van der Waals surface area (Å²) in [6, 6.07) is 4.01. The van der Waals surface area contributed by atoms with Crippen LogP contribution in [0.3, 0.4) is 0 Å². The van der Waals surface area contributed by atoms with E-state index in [0.717, 1.165) is 34.0 Å². The minimum absolute atomic E-state index is 0.491. The van der Waals surface area contributed by atoms with Gasteiger partial charge in [0.25, 0.3) is 0 Å². The monoisotopic (exact) mass is 285 g/mol. The molecule has 0 fully saturated rings. The summed E-state index contributed by atoms with van der Waals surface area (Å²) in [7, 11) is 1.98. The Hall–Kier alpha value is -2.11. The maximum Gasteiger partial charge on any atom is 0.138 e. The van der Waals surface area contributed by atoms with Crippen LogP contribution in [0.4, 0.5) is 0 Å². The van der Waals surface area contributed by atoms with Crippen molar-refractivity contribution in [2.45, 2.75) is 0 Å². The molecule has 0 spiro atoms. The van der Waals surface area contributed by atoms with Crippen LogP contribution in [0.5, 0.6) is 0 Å². The Morgan fingerprint density at radius 1 is 1.20 bits per heavy atom. The molecule has 0 amide bonds. The molecule has 4 heterocycles. The molecule has 0 atom stereocenters.